The lowest BCUT2D eigenvalue weighted by molar-refractivity contribution is 0.0980. The zero-order valence-corrected chi connectivity index (χ0v) is 13.9. The van der Waals surface area contributed by atoms with Gasteiger partial charge in [-0.15, -0.1) is 0 Å². The Kier molecular flexibility index (Phi) is 5.15. The second-order valence-electron chi connectivity index (χ2n) is 4.87. The molecule has 0 N–H and O–H groups in total. The van der Waals surface area contributed by atoms with Crippen LogP contribution in [0.25, 0.3) is 0 Å². The van der Waals surface area contributed by atoms with Gasteiger partial charge in [-0.25, -0.2) is 0 Å². The van der Waals surface area contributed by atoms with Gasteiger partial charge in [0.25, 0.3) is 5.91 Å². The summed E-state index contributed by atoms with van der Waals surface area (Å²) in [7, 11) is 0. The summed E-state index contributed by atoms with van der Waals surface area (Å²) in [6, 6.07) is 12.0. The van der Waals surface area contributed by atoms with Crippen molar-refractivity contribution in [1.29, 1.82) is 0 Å². The van der Waals surface area contributed by atoms with E-state index in [9.17, 15) is 4.79 Å². The van der Waals surface area contributed by atoms with Crippen molar-refractivity contribution in [3.63, 3.8) is 0 Å². The molecule has 1 amide bonds. The van der Waals surface area contributed by atoms with Gasteiger partial charge in [0, 0.05) is 21.8 Å². The van der Waals surface area contributed by atoms with Gasteiger partial charge in [-0.2, -0.15) is 0 Å². The standard InChI is InChI=1S/C16H14Cl3NO/c1-10(2)20(13-5-3-4-11(17)8-13)16(21)14-7-6-12(18)9-15(14)19/h3-10H,1-2H3. The Labute approximate surface area is 139 Å². The van der Waals surface area contributed by atoms with Gasteiger partial charge in [-0.1, -0.05) is 40.9 Å². The van der Waals surface area contributed by atoms with Gasteiger partial charge < -0.3 is 4.90 Å². The van der Waals surface area contributed by atoms with Crippen LogP contribution in [-0.2, 0) is 0 Å². The lowest BCUT2D eigenvalue weighted by Gasteiger charge is -2.27. The smallest absolute Gasteiger partial charge is 0.260 e. The normalized spacial score (nSPS) is 10.8. The molecular weight excluding hydrogens is 329 g/mol. The summed E-state index contributed by atoms with van der Waals surface area (Å²) in [6.07, 6.45) is 0. The molecule has 2 rings (SSSR count). The zero-order chi connectivity index (χ0) is 15.6. The lowest BCUT2D eigenvalue weighted by Crippen LogP contribution is -2.37. The summed E-state index contributed by atoms with van der Waals surface area (Å²) in [6.45, 7) is 3.87. The highest BCUT2D eigenvalue weighted by Gasteiger charge is 2.22. The minimum absolute atomic E-state index is 0.0392. The van der Waals surface area contributed by atoms with Crippen LogP contribution in [0.1, 0.15) is 24.2 Å². The molecule has 2 nitrogen and oxygen atoms in total. The molecule has 5 heteroatoms. The molecule has 0 bridgehead atoms. The number of nitrogens with zero attached hydrogens (tertiary/aromatic N) is 1. The van der Waals surface area contributed by atoms with E-state index in [1.807, 2.05) is 26.0 Å². The third kappa shape index (κ3) is 3.70. The molecule has 0 spiro atoms. The molecule has 0 aliphatic carbocycles. The maximum Gasteiger partial charge on any atom is 0.260 e. The highest BCUT2D eigenvalue weighted by molar-refractivity contribution is 6.37. The Balaban J connectivity index is 2.45. The summed E-state index contributed by atoms with van der Waals surface area (Å²) in [4.78, 5) is 14.4. The number of benzene rings is 2. The topological polar surface area (TPSA) is 20.3 Å². The molecule has 2 aromatic rings. The summed E-state index contributed by atoms with van der Waals surface area (Å²) >= 11 is 18.0. The van der Waals surface area contributed by atoms with E-state index < -0.39 is 0 Å². The molecule has 0 aromatic heterocycles. The largest absolute Gasteiger partial charge is 0.306 e. The predicted molar refractivity (Wildman–Crippen MR) is 89.9 cm³/mol. The van der Waals surface area contributed by atoms with Gasteiger partial charge in [0.05, 0.1) is 10.6 Å². The van der Waals surface area contributed by atoms with E-state index in [1.165, 1.54) is 0 Å². The van der Waals surface area contributed by atoms with Gasteiger partial charge in [0.1, 0.15) is 0 Å². The van der Waals surface area contributed by atoms with Crippen LogP contribution in [0.3, 0.4) is 0 Å². The van der Waals surface area contributed by atoms with E-state index >= 15 is 0 Å². The van der Waals surface area contributed by atoms with Crippen molar-refractivity contribution in [2.45, 2.75) is 19.9 Å². The summed E-state index contributed by atoms with van der Waals surface area (Å²) in [5.41, 5.74) is 1.14. The Morgan fingerprint density at radius 3 is 2.24 bits per heavy atom. The van der Waals surface area contributed by atoms with E-state index in [4.69, 9.17) is 34.8 Å². The van der Waals surface area contributed by atoms with Crippen molar-refractivity contribution in [1.82, 2.24) is 0 Å². The van der Waals surface area contributed by atoms with Gasteiger partial charge >= 0.3 is 0 Å². The maximum atomic E-state index is 12.8. The Morgan fingerprint density at radius 2 is 1.67 bits per heavy atom. The number of carbonyl (C=O) groups excluding carboxylic acids is 1. The molecule has 0 saturated heterocycles. The first kappa shape index (κ1) is 16.2. The van der Waals surface area contributed by atoms with Gasteiger partial charge in [0.2, 0.25) is 0 Å². The first-order valence-electron chi connectivity index (χ1n) is 6.44. The van der Waals surface area contributed by atoms with Crippen molar-refractivity contribution < 1.29 is 4.79 Å². The van der Waals surface area contributed by atoms with Gasteiger partial charge in [-0.05, 0) is 50.2 Å². The van der Waals surface area contributed by atoms with Crippen molar-refractivity contribution in [2.75, 3.05) is 4.90 Å². The van der Waals surface area contributed by atoms with Gasteiger partial charge in [0.15, 0.2) is 0 Å². The maximum absolute atomic E-state index is 12.8. The van der Waals surface area contributed by atoms with Crippen LogP contribution in [-0.4, -0.2) is 11.9 Å². The molecule has 0 saturated carbocycles. The molecule has 110 valence electrons. The fraction of sp³-hybridized carbons (Fsp3) is 0.188. The third-order valence-electron chi connectivity index (χ3n) is 2.98. The quantitative estimate of drug-likeness (QED) is 0.700. The Hall–Kier alpha value is -1.22. The van der Waals surface area contributed by atoms with Crippen LogP contribution in [0.5, 0.6) is 0 Å². The first-order chi connectivity index (χ1) is 9.90. The van der Waals surface area contributed by atoms with Crippen molar-refractivity contribution in [2.24, 2.45) is 0 Å². The number of halogens is 3. The lowest BCUT2D eigenvalue weighted by atomic mass is 10.1. The fourth-order valence-corrected chi connectivity index (χ4v) is 2.74. The highest BCUT2D eigenvalue weighted by Crippen LogP contribution is 2.27. The average molecular weight is 343 g/mol. The second kappa shape index (κ2) is 6.69. The number of amides is 1. The third-order valence-corrected chi connectivity index (χ3v) is 3.77. The SMILES string of the molecule is CC(C)N(C(=O)c1ccc(Cl)cc1Cl)c1cccc(Cl)c1. The van der Waals surface area contributed by atoms with Crippen LogP contribution in [0.4, 0.5) is 5.69 Å². The number of carbonyl (C=O) groups is 1. The molecule has 0 radical (unpaired) electrons. The van der Waals surface area contributed by atoms with Gasteiger partial charge in [-0.3, -0.25) is 4.79 Å². The van der Waals surface area contributed by atoms with Crippen molar-refractivity contribution >= 4 is 46.4 Å². The molecular formula is C16H14Cl3NO. The van der Waals surface area contributed by atoms with Crippen LogP contribution in [0, 0.1) is 0 Å². The van der Waals surface area contributed by atoms with Crippen LogP contribution >= 0.6 is 34.8 Å². The molecule has 0 aliphatic rings. The van der Waals surface area contributed by atoms with Crippen LogP contribution in [0.2, 0.25) is 15.1 Å². The van der Waals surface area contributed by atoms with E-state index in [1.54, 1.807) is 35.2 Å². The second-order valence-corrected chi connectivity index (χ2v) is 6.15. The molecule has 0 atom stereocenters. The van der Waals surface area contributed by atoms with E-state index in [0.717, 1.165) is 5.69 Å². The number of anilines is 1. The molecule has 2 aromatic carbocycles. The number of hydrogen-bond donors (Lipinski definition) is 0. The van der Waals surface area contributed by atoms with E-state index in [-0.39, 0.29) is 11.9 Å². The number of hydrogen-bond acceptors (Lipinski definition) is 1. The summed E-state index contributed by atoms with van der Waals surface area (Å²) in [5, 5.41) is 1.41. The number of rotatable bonds is 3. The summed E-state index contributed by atoms with van der Waals surface area (Å²) < 4.78 is 0. The zero-order valence-electron chi connectivity index (χ0n) is 11.6. The molecule has 21 heavy (non-hydrogen) atoms. The van der Waals surface area contributed by atoms with Crippen molar-refractivity contribution in [3.8, 4) is 0 Å². The Bertz CT molecular complexity index is 670. The highest BCUT2D eigenvalue weighted by atomic mass is 35.5. The van der Waals surface area contributed by atoms with Crippen LogP contribution < -0.4 is 4.90 Å². The van der Waals surface area contributed by atoms with Crippen molar-refractivity contribution in [3.05, 3.63) is 63.1 Å². The first-order valence-corrected chi connectivity index (χ1v) is 7.57. The van der Waals surface area contributed by atoms with E-state index in [0.29, 0.717) is 20.6 Å². The Morgan fingerprint density at radius 1 is 1.00 bits per heavy atom. The predicted octanol–water partition coefficient (Wildman–Crippen LogP) is 5.70. The monoisotopic (exact) mass is 341 g/mol. The minimum atomic E-state index is -0.186. The fourth-order valence-electron chi connectivity index (χ4n) is 2.07. The molecule has 0 unspecified atom stereocenters. The summed E-state index contributed by atoms with van der Waals surface area (Å²) in [5.74, 6) is -0.186. The molecule has 0 heterocycles. The van der Waals surface area contributed by atoms with E-state index in [2.05, 4.69) is 0 Å². The molecule has 0 aliphatic heterocycles. The van der Waals surface area contributed by atoms with Crippen LogP contribution in [0.15, 0.2) is 42.5 Å². The minimum Gasteiger partial charge on any atom is -0.306 e. The molecule has 0 fully saturated rings. The average Bonchev–Trinajstić information content (AvgIpc) is 2.38.